The first kappa shape index (κ1) is 10.6. The summed E-state index contributed by atoms with van der Waals surface area (Å²) in [7, 11) is 0. The van der Waals surface area contributed by atoms with Crippen LogP contribution >= 0.6 is 0 Å². The van der Waals surface area contributed by atoms with E-state index in [0.29, 0.717) is 12.8 Å². The first-order valence-corrected chi connectivity index (χ1v) is 5.38. The lowest BCUT2D eigenvalue weighted by atomic mass is 10.1. The second-order valence-electron chi connectivity index (χ2n) is 3.71. The summed E-state index contributed by atoms with van der Waals surface area (Å²) in [5.74, 6) is 0.274. The number of ketones is 1. The molecule has 3 nitrogen and oxygen atoms in total. The fourth-order valence-electron chi connectivity index (χ4n) is 1.55. The number of carbonyl (C=O) groups is 1. The van der Waals surface area contributed by atoms with Crippen LogP contribution in [0.25, 0.3) is 5.69 Å². The van der Waals surface area contributed by atoms with Gasteiger partial charge >= 0.3 is 0 Å². The van der Waals surface area contributed by atoms with Crippen LogP contribution in [-0.2, 0) is 11.2 Å². The lowest BCUT2D eigenvalue weighted by Gasteiger charge is -2.03. The van der Waals surface area contributed by atoms with Gasteiger partial charge in [-0.05, 0) is 17.7 Å². The number of rotatable bonds is 4. The molecule has 0 radical (unpaired) electrons. The average Bonchev–Trinajstić information content (AvgIpc) is 2.83. The van der Waals surface area contributed by atoms with Crippen LogP contribution in [0.3, 0.4) is 0 Å². The molecule has 0 aliphatic heterocycles. The highest BCUT2D eigenvalue weighted by molar-refractivity contribution is 5.80. The van der Waals surface area contributed by atoms with Crippen molar-refractivity contribution in [2.75, 3.05) is 0 Å². The topological polar surface area (TPSA) is 34.9 Å². The third kappa shape index (κ3) is 2.37. The molecule has 3 heteroatoms. The second-order valence-corrected chi connectivity index (χ2v) is 3.71. The van der Waals surface area contributed by atoms with Gasteiger partial charge in [-0.25, -0.2) is 4.98 Å². The number of benzene rings is 1. The van der Waals surface area contributed by atoms with E-state index < -0.39 is 0 Å². The van der Waals surface area contributed by atoms with Crippen LogP contribution in [0, 0.1) is 0 Å². The molecule has 1 aromatic heterocycles. The van der Waals surface area contributed by atoms with Gasteiger partial charge in [0, 0.05) is 30.9 Å². The van der Waals surface area contributed by atoms with Gasteiger partial charge in [0.2, 0.25) is 0 Å². The van der Waals surface area contributed by atoms with Gasteiger partial charge in [-0.2, -0.15) is 0 Å². The first-order chi connectivity index (χ1) is 7.79. The summed E-state index contributed by atoms with van der Waals surface area (Å²) >= 11 is 0. The van der Waals surface area contributed by atoms with Gasteiger partial charge in [0.15, 0.2) is 0 Å². The van der Waals surface area contributed by atoms with Gasteiger partial charge < -0.3 is 4.57 Å². The Labute approximate surface area is 94.7 Å². The molecule has 0 bridgehead atoms. The Morgan fingerprint density at radius 3 is 2.62 bits per heavy atom. The quantitative estimate of drug-likeness (QED) is 0.783. The maximum atomic E-state index is 11.3. The van der Waals surface area contributed by atoms with E-state index in [2.05, 4.69) is 4.98 Å². The molecule has 1 aromatic carbocycles. The highest BCUT2D eigenvalue weighted by atomic mass is 16.1. The number of hydrogen-bond donors (Lipinski definition) is 0. The van der Waals surface area contributed by atoms with Crippen LogP contribution < -0.4 is 0 Å². The van der Waals surface area contributed by atoms with Crippen molar-refractivity contribution in [1.29, 1.82) is 0 Å². The molecule has 0 N–H and O–H groups in total. The molecule has 0 saturated carbocycles. The highest BCUT2D eigenvalue weighted by Crippen LogP contribution is 2.10. The van der Waals surface area contributed by atoms with E-state index >= 15 is 0 Å². The fourth-order valence-corrected chi connectivity index (χ4v) is 1.55. The molecular weight excluding hydrogens is 200 g/mol. The van der Waals surface area contributed by atoms with Gasteiger partial charge in [-0.15, -0.1) is 0 Å². The van der Waals surface area contributed by atoms with E-state index in [-0.39, 0.29) is 5.78 Å². The maximum Gasteiger partial charge on any atom is 0.136 e. The molecule has 0 aliphatic rings. The van der Waals surface area contributed by atoms with Gasteiger partial charge in [0.25, 0.3) is 0 Å². The number of aromatic nitrogens is 2. The number of hydrogen-bond acceptors (Lipinski definition) is 2. The second kappa shape index (κ2) is 4.75. The zero-order valence-electron chi connectivity index (χ0n) is 9.26. The summed E-state index contributed by atoms with van der Waals surface area (Å²) in [5, 5.41) is 0. The molecule has 2 rings (SSSR count). The predicted octanol–water partition coefficient (Wildman–Crippen LogP) is 2.39. The van der Waals surface area contributed by atoms with Crippen LogP contribution in [0.5, 0.6) is 0 Å². The molecule has 0 aliphatic carbocycles. The van der Waals surface area contributed by atoms with E-state index in [0.717, 1.165) is 11.3 Å². The molecule has 16 heavy (non-hydrogen) atoms. The van der Waals surface area contributed by atoms with Crippen molar-refractivity contribution >= 4 is 5.78 Å². The molecule has 0 atom stereocenters. The lowest BCUT2D eigenvalue weighted by Crippen LogP contribution is -2.00. The number of nitrogens with zero attached hydrogens (tertiary/aromatic N) is 2. The Morgan fingerprint density at radius 1 is 1.31 bits per heavy atom. The predicted molar refractivity (Wildman–Crippen MR) is 62.6 cm³/mol. The van der Waals surface area contributed by atoms with Crippen molar-refractivity contribution < 1.29 is 4.79 Å². The summed E-state index contributed by atoms with van der Waals surface area (Å²) in [4.78, 5) is 15.3. The van der Waals surface area contributed by atoms with Crippen molar-refractivity contribution in [2.45, 2.75) is 19.8 Å². The SMILES string of the molecule is CCC(=O)Cc1ccc(-n2ccnc2)cc1. The molecule has 0 spiro atoms. The van der Waals surface area contributed by atoms with Gasteiger partial charge in [-0.3, -0.25) is 4.79 Å². The van der Waals surface area contributed by atoms with Crippen molar-refractivity contribution in [3.8, 4) is 5.69 Å². The van der Waals surface area contributed by atoms with Crippen LogP contribution in [0.15, 0.2) is 43.0 Å². The van der Waals surface area contributed by atoms with Gasteiger partial charge in [0.1, 0.15) is 5.78 Å². The van der Waals surface area contributed by atoms with Crippen LogP contribution in [0.2, 0.25) is 0 Å². The monoisotopic (exact) mass is 214 g/mol. The van der Waals surface area contributed by atoms with Crippen LogP contribution in [-0.4, -0.2) is 15.3 Å². The van der Waals surface area contributed by atoms with E-state index in [9.17, 15) is 4.79 Å². The standard InChI is InChI=1S/C13H14N2O/c1-2-13(16)9-11-3-5-12(6-4-11)15-8-7-14-10-15/h3-8,10H,2,9H2,1H3. The molecule has 0 fully saturated rings. The summed E-state index contributed by atoms with van der Waals surface area (Å²) in [5.41, 5.74) is 2.13. The third-order valence-electron chi connectivity index (χ3n) is 2.53. The third-order valence-corrected chi connectivity index (χ3v) is 2.53. The van der Waals surface area contributed by atoms with E-state index in [1.165, 1.54) is 0 Å². The average molecular weight is 214 g/mol. The minimum Gasteiger partial charge on any atom is -0.306 e. The highest BCUT2D eigenvalue weighted by Gasteiger charge is 2.01. The Kier molecular flexibility index (Phi) is 3.15. The molecular formula is C13H14N2O. The molecule has 2 aromatic rings. The van der Waals surface area contributed by atoms with Crippen molar-refractivity contribution in [3.05, 3.63) is 48.5 Å². The number of carbonyl (C=O) groups excluding carboxylic acids is 1. The Morgan fingerprint density at radius 2 is 2.06 bits per heavy atom. The van der Waals surface area contributed by atoms with E-state index in [4.69, 9.17) is 0 Å². The van der Waals surface area contributed by atoms with E-state index in [1.807, 2.05) is 42.0 Å². The molecule has 0 unspecified atom stereocenters. The van der Waals surface area contributed by atoms with Crippen LogP contribution in [0.1, 0.15) is 18.9 Å². The van der Waals surface area contributed by atoms with Gasteiger partial charge in [0.05, 0.1) is 6.33 Å². The number of Topliss-reactive ketones (excluding diaryl/α,β-unsaturated/α-hetero) is 1. The Hall–Kier alpha value is -1.90. The van der Waals surface area contributed by atoms with Gasteiger partial charge in [-0.1, -0.05) is 19.1 Å². The largest absolute Gasteiger partial charge is 0.306 e. The van der Waals surface area contributed by atoms with Crippen LogP contribution in [0.4, 0.5) is 0 Å². The zero-order chi connectivity index (χ0) is 11.4. The van der Waals surface area contributed by atoms with Crippen molar-refractivity contribution in [3.63, 3.8) is 0 Å². The molecule has 0 amide bonds. The summed E-state index contributed by atoms with van der Waals surface area (Å²) in [6, 6.07) is 7.98. The molecule has 82 valence electrons. The normalized spacial score (nSPS) is 10.3. The zero-order valence-corrected chi connectivity index (χ0v) is 9.26. The summed E-state index contributed by atoms with van der Waals surface area (Å²) in [6.07, 6.45) is 6.52. The minimum absolute atomic E-state index is 0.274. The summed E-state index contributed by atoms with van der Waals surface area (Å²) < 4.78 is 1.94. The Bertz CT molecular complexity index is 457. The Balaban J connectivity index is 2.14. The number of imidazole rings is 1. The fraction of sp³-hybridized carbons (Fsp3) is 0.231. The first-order valence-electron chi connectivity index (χ1n) is 5.38. The molecule has 1 heterocycles. The van der Waals surface area contributed by atoms with E-state index in [1.54, 1.807) is 12.5 Å². The molecule has 0 saturated heterocycles. The van der Waals surface area contributed by atoms with Crippen molar-refractivity contribution in [1.82, 2.24) is 9.55 Å². The maximum absolute atomic E-state index is 11.3. The van der Waals surface area contributed by atoms with Crippen molar-refractivity contribution in [2.24, 2.45) is 0 Å². The lowest BCUT2D eigenvalue weighted by molar-refractivity contribution is -0.118. The smallest absolute Gasteiger partial charge is 0.136 e. The minimum atomic E-state index is 0.274. The summed E-state index contributed by atoms with van der Waals surface area (Å²) in [6.45, 7) is 1.89.